The quantitative estimate of drug-likeness (QED) is 0.522. The number of hydrogen-bond acceptors (Lipinski definition) is 8. The Morgan fingerprint density at radius 2 is 1.94 bits per heavy atom. The first kappa shape index (κ1) is 21.7. The molecule has 166 valence electrons. The second-order valence-electron chi connectivity index (χ2n) is 7.44. The van der Waals surface area contributed by atoms with Gasteiger partial charge in [0.1, 0.15) is 5.76 Å². The number of aryl methyl sites for hydroxylation is 1. The van der Waals surface area contributed by atoms with E-state index in [9.17, 15) is 14.4 Å². The number of benzene rings is 1. The zero-order chi connectivity index (χ0) is 22.7. The molecule has 0 aliphatic carbocycles. The number of carbonyl (C=O) groups excluding carboxylic acids is 3. The fourth-order valence-electron chi connectivity index (χ4n) is 3.35. The van der Waals surface area contributed by atoms with Crippen LogP contribution in [0.2, 0.25) is 0 Å². The molecule has 4 rings (SSSR count). The molecule has 3 N–H and O–H groups in total. The van der Waals surface area contributed by atoms with Gasteiger partial charge in [-0.3, -0.25) is 24.6 Å². The van der Waals surface area contributed by atoms with Gasteiger partial charge in [-0.05, 0) is 25.1 Å². The molecule has 0 saturated carbocycles. The van der Waals surface area contributed by atoms with Crippen molar-refractivity contribution in [1.82, 2.24) is 15.0 Å². The molecular weight excluding hydrogens is 432 g/mol. The van der Waals surface area contributed by atoms with E-state index in [1.54, 1.807) is 37.3 Å². The van der Waals surface area contributed by atoms with Crippen molar-refractivity contribution in [2.45, 2.75) is 26.8 Å². The highest BCUT2D eigenvalue weighted by Gasteiger charge is 2.23. The Morgan fingerprint density at radius 3 is 2.66 bits per heavy atom. The summed E-state index contributed by atoms with van der Waals surface area (Å²) in [6.07, 6.45) is 0.691. The number of anilines is 3. The predicted molar refractivity (Wildman–Crippen MR) is 120 cm³/mol. The molecule has 2 aromatic heterocycles. The summed E-state index contributed by atoms with van der Waals surface area (Å²) in [5.74, 6) is -0.128. The normalized spacial score (nSPS) is 13.3. The fourth-order valence-corrected chi connectivity index (χ4v) is 4.40. The van der Waals surface area contributed by atoms with E-state index in [2.05, 4.69) is 26.1 Å². The lowest BCUT2D eigenvalue weighted by molar-refractivity contribution is -0.117. The molecular formula is C21H22N6O4S. The maximum Gasteiger partial charge on any atom is 0.279 e. The zero-order valence-electron chi connectivity index (χ0n) is 17.6. The Hall–Kier alpha value is -3.57. The number of thiazole rings is 1. The molecule has 0 fully saturated rings. The predicted octanol–water partition coefficient (Wildman–Crippen LogP) is 2.65. The van der Waals surface area contributed by atoms with Gasteiger partial charge in [-0.2, -0.15) is 0 Å². The van der Waals surface area contributed by atoms with Gasteiger partial charge in [-0.25, -0.2) is 4.98 Å². The Labute approximate surface area is 188 Å². The third kappa shape index (κ3) is 5.37. The third-order valence-corrected chi connectivity index (χ3v) is 5.72. The van der Waals surface area contributed by atoms with Crippen LogP contribution >= 0.6 is 11.3 Å². The van der Waals surface area contributed by atoms with E-state index in [1.807, 2.05) is 4.90 Å². The van der Waals surface area contributed by atoms with Crippen molar-refractivity contribution in [3.8, 4) is 0 Å². The number of fused-ring (bicyclic) bond motifs is 1. The minimum absolute atomic E-state index is 0.145. The first-order valence-corrected chi connectivity index (χ1v) is 10.8. The van der Waals surface area contributed by atoms with Crippen LogP contribution in [-0.2, 0) is 22.6 Å². The topological polar surface area (TPSA) is 129 Å². The summed E-state index contributed by atoms with van der Waals surface area (Å²) in [4.78, 5) is 43.5. The highest BCUT2D eigenvalue weighted by Crippen LogP contribution is 2.28. The molecule has 1 aromatic carbocycles. The smallest absolute Gasteiger partial charge is 0.279 e. The van der Waals surface area contributed by atoms with Crippen molar-refractivity contribution < 1.29 is 18.9 Å². The number of nitrogens with one attached hydrogen (secondary N) is 3. The van der Waals surface area contributed by atoms with Gasteiger partial charge in [0.25, 0.3) is 5.91 Å². The summed E-state index contributed by atoms with van der Waals surface area (Å²) >= 11 is 1.39. The highest BCUT2D eigenvalue weighted by molar-refractivity contribution is 7.15. The number of amides is 3. The van der Waals surface area contributed by atoms with E-state index in [-0.39, 0.29) is 30.0 Å². The van der Waals surface area contributed by atoms with Crippen LogP contribution in [0.15, 0.2) is 34.9 Å². The average Bonchev–Trinajstić information content (AvgIpc) is 3.33. The fraction of sp³-hybridized carbons (Fsp3) is 0.286. The molecule has 0 saturated heterocycles. The SMILES string of the molecule is CC(=O)Nc1cccc(NC(=O)CN2CCc3nc(NC(=O)c4cc(C)on4)sc3C2)c1. The lowest BCUT2D eigenvalue weighted by Gasteiger charge is -2.25. The largest absolute Gasteiger partial charge is 0.361 e. The van der Waals surface area contributed by atoms with Crippen LogP contribution in [-0.4, -0.2) is 45.9 Å². The van der Waals surface area contributed by atoms with Crippen molar-refractivity contribution >= 4 is 45.6 Å². The molecule has 3 aromatic rings. The lowest BCUT2D eigenvalue weighted by Crippen LogP contribution is -2.36. The summed E-state index contributed by atoms with van der Waals surface area (Å²) in [6, 6.07) is 8.57. The summed E-state index contributed by atoms with van der Waals surface area (Å²) < 4.78 is 4.93. The monoisotopic (exact) mass is 454 g/mol. The summed E-state index contributed by atoms with van der Waals surface area (Å²) in [5, 5.41) is 12.5. The number of rotatable bonds is 6. The standard InChI is InChI=1S/C21H22N6O4S/c1-12-8-17(26-31-12)20(30)25-21-24-16-6-7-27(10-18(16)32-21)11-19(29)23-15-5-3-4-14(9-15)22-13(2)28/h3-5,8-9H,6-7,10-11H2,1-2H3,(H,22,28)(H,23,29)(H,24,25,30). The average molecular weight is 455 g/mol. The first-order valence-electron chi connectivity index (χ1n) is 9.99. The maximum atomic E-state index is 12.5. The summed E-state index contributed by atoms with van der Waals surface area (Å²) in [6.45, 7) is 4.64. The highest BCUT2D eigenvalue weighted by atomic mass is 32.1. The Morgan fingerprint density at radius 1 is 1.16 bits per heavy atom. The molecule has 1 aliphatic heterocycles. The van der Waals surface area contributed by atoms with Crippen molar-refractivity contribution in [1.29, 1.82) is 0 Å². The van der Waals surface area contributed by atoms with Gasteiger partial charge in [0.05, 0.1) is 12.2 Å². The van der Waals surface area contributed by atoms with Gasteiger partial charge in [0.15, 0.2) is 10.8 Å². The second-order valence-corrected chi connectivity index (χ2v) is 8.52. The molecule has 1 aliphatic rings. The van der Waals surface area contributed by atoms with E-state index >= 15 is 0 Å². The van der Waals surface area contributed by atoms with Crippen LogP contribution in [0.25, 0.3) is 0 Å². The summed E-state index contributed by atoms with van der Waals surface area (Å²) in [5.41, 5.74) is 2.38. The van der Waals surface area contributed by atoms with Gasteiger partial charge in [0, 0.05) is 48.8 Å². The zero-order valence-corrected chi connectivity index (χ0v) is 18.4. The first-order chi connectivity index (χ1) is 15.4. The molecule has 3 heterocycles. The Kier molecular flexibility index (Phi) is 6.28. The molecule has 0 atom stereocenters. The minimum Gasteiger partial charge on any atom is -0.361 e. The molecule has 0 radical (unpaired) electrons. The molecule has 3 amide bonds. The van der Waals surface area contributed by atoms with E-state index in [0.717, 1.165) is 10.6 Å². The number of hydrogen-bond donors (Lipinski definition) is 3. The lowest BCUT2D eigenvalue weighted by atomic mass is 10.2. The molecule has 11 heteroatoms. The molecule has 10 nitrogen and oxygen atoms in total. The maximum absolute atomic E-state index is 12.5. The van der Waals surface area contributed by atoms with Gasteiger partial charge in [0.2, 0.25) is 11.8 Å². The number of nitrogens with zero attached hydrogens (tertiary/aromatic N) is 3. The minimum atomic E-state index is -0.370. The van der Waals surface area contributed by atoms with Crippen molar-refractivity contribution in [2.75, 3.05) is 29.0 Å². The Bertz CT molecular complexity index is 1170. The second kappa shape index (κ2) is 9.28. The van der Waals surface area contributed by atoms with Crippen LogP contribution in [0.1, 0.15) is 33.7 Å². The molecule has 0 unspecified atom stereocenters. The number of carbonyl (C=O) groups is 3. The van der Waals surface area contributed by atoms with E-state index in [4.69, 9.17) is 4.52 Å². The molecule has 0 spiro atoms. The molecule has 0 bridgehead atoms. The summed E-state index contributed by atoms with van der Waals surface area (Å²) in [7, 11) is 0. The van der Waals surface area contributed by atoms with Crippen molar-refractivity contribution in [2.24, 2.45) is 0 Å². The van der Waals surface area contributed by atoms with Crippen molar-refractivity contribution in [3.63, 3.8) is 0 Å². The van der Waals surface area contributed by atoms with E-state index in [1.165, 1.54) is 18.3 Å². The van der Waals surface area contributed by atoms with Gasteiger partial charge in [-0.1, -0.05) is 11.2 Å². The van der Waals surface area contributed by atoms with E-state index < -0.39 is 0 Å². The van der Waals surface area contributed by atoms with Crippen molar-refractivity contribution in [3.05, 3.63) is 52.4 Å². The molecule has 32 heavy (non-hydrogen) atoms. The van der Waals surface area contributed by atoms with Crippen LogP contribution in [0.5, 0.6) is 0 Å². The van der Waals surface area contributed by atoms with Crippen LogP contribution in [0.4, 0.5) is 16.5 Å². The van der Waals surface area contributed by atoms with Gasteiger partial charge < -0.3 is 15.2 Å². The third-order valence-electron chi connectivity index (χ3n) is 4.73. The van der Waals surface area contributed by atoms with Gasteiger partial charge in [-0.15, -0.1) is 11.3 Å². The number of aromatic nitrogens is 2. The van der Waals surface area contributed by atoms with E-state index in [0.29, 0.717) is 41.8 Å². The van der Waals surface area contributed by atoms with Crippen LogP contribution in [0.3, 0.4) is 0 Å². The van der Waals surface area contributed by atoms with Crippen LogP contribution < -0.4 is 16.0 Å². The van der Waals surface area contributed by atoms with Crippen LogP contribution in [0, 0.1) is 6.92 Å². The van der Waals surface area contributed by atoms with Gasteiger partial charge >= 0.3 is 0 Å². The Balaban J connectivity index is 1.33.